The molecule has 0 N–H and O–H groups in total. The second kappa shape index (κ2) is 5.82. The number of rotatable bonds is 3. The summed E-state index contributed by atoms with van der Waals surface area (Å²) in [5.74, 6) is -0.279. The predicted molar refractivity (Wildman–Crippen MR) is 73.5 cm³/mol. The van der Waals surface area contributed by atoms with E-state index in [-0.39, 0.29) is 18.2 Å². The van der Waals surface area contributed by atoms with Crippen molar-refractivity contribution in [2.75, 3.05) is 6.61 Å². The average Bonchev–Trinajstić information content (AvgIpc) is 2.67. The summed E-state index contributed by atoms with van der Waals surface area (Å²) in [6.45, 7) is 2.40. The summed E-state index contributed by atoms with van der Waals surface area (Å²) in [6, 6.07) is 9.03. The van der Waals surface area contributed by atoms with Gasteiger partial charge in [-0.15, -0.1) is 0 Å². The highest BCUT2D eigenvalue weighted by atomic mass is 127. The fraction of sp³-hybridized carbons (Fsp3) is 0.462. The Bertz CT molecular complexity index is 370. The van der Waals surface area contributed by atoms with E-state index in [4.69, 9.17) is 9.47 Å². The van der Waals surface area contributed by atoms with Gasteiger partial charge < -0.3 is 9.47 Å². The Kier molecular flexibility index (Phi) is 4.39. The predicted octanol–water partition coefficient (Wildman–Crippen LogP) is 2.82. The van der Waals surface area contributed by atoms with Crippen LogP contribution in [0.1, 0.15) is 23.7 Å². The fourth-order valence-electron chi connectivity index (χ4n) is 1.82. The van der Waals surface area contributed by atoms with Gasteiger partial charge in [-0.3, -0.25) is 0 Å². The monoisotopic (exact) mass is 346 g/mol. The van der Waals surface area contributed by atoms with Crippen LogP contribution in [0.15, 0.2) is 30.3 Å². The quantitative estimate of drug-likeness (QED) is 0.480. The van der Waals surface area contributed by atoms with E-state index in [0.29, 0.717) is 16.1 Å². The normalized spacial score (nSPS) is 28.0. The number of alkyl halides is 1. The van der Waals surface area contributed by atoms with Gasteiger partial charge in [-0.25, -0.2) is 4.79 Å². The molecule has 1 saturated heterocycles. The lowest BCUT2D eigenvalue weighted by molar-refractivity contribution is -0.00214. The van der Waals surface area contributed by atoms with Gasteiger partial charge in [0.15, 0.2) is 0 Å². The molecule has 1 fully saturated rings. The number of esters is 1. The van der Waals surface area contributed by atoms with Crippen LogP contribution >= 0.6 is 22.6 Å². The van der Waals surface area contributed by atoms with Gasteiger partial charge in [0.05, 0.1) is 17.8 Å². The third-order valence-corrected chi connectivity index (χ3v) is 4.34. The smallest absolute Gasteiger partial charge is 0.338 e. The van der Waals surface area contributed by atoms with Gasteiger partial charge in [-0.2, -0.15) is 0 Å². The lowest BCUT2D eigenvalue weighted by atomic mass is 10.2. The highest BCUT2D eigenvalue weighted by molar-refractivity contribution is 14.1. The van der Waals surface area contributed by atoms with Crippen molar-refractivity contribution < 1.29 is 14.3 Å². The molecule has 0 radical (unpaired) electrons. The van der Waals surface area contributed by atoms with Crippen LogP contribution in [0.2, 0.25) is 0 Å². The Morgan fingerprint density at radius 3 is 2.76 bits per heavy atom. The minimum atomic E-state index is -0.279. The standard InChI is InChI=1S/C13H15IO3/c1-9-12(14)7-11(17-9)8-16-13(15)10-5-3-2-4-6-10/h2-6,9,11-12H,7-8H2,1H3/t9-,11?,12-/m1/s1. The zero-order chi connectivity index (χ0) is 12.3. The number of ether oxygens (including phenoxy) is 2. The molecule has 0 spiro atoms. The summed E-state index contributed by atoms with van der Waals surface area (Å²) in [5.41, 5.74) is 0.588. The molecule has 0 aliphatic carbocycles. The number of halogens is 1. The van der Waals surface area contributed by atoms with Gasteiger partial charge >= 0.3 is 5.97 Å². The summed E-state index contributed by atoms with van der Waals surface area (Å²) in [5, 5.41) is 0. The zero-order valence-corrected chi connectivity index (χ0v) is 11.8. The van der Waals surface area contributed by atoms with E-state index in [0.717, 1.165) is 6.42 Å². The summed E-state index contributed by atoms with van der Waals surface area (Å²) < 4.78 is 11.4. The van der Waals surface area contributed by atoms with E-state index in [2.05, 4.69) is 29.5 Å². The largest absolute Gasteiger partial charge is 0.459 e. The SMILES string of the molecule is C[C@H]1OC(COC(=O)c2ccccc2)C[C@H]1I. The second-order valence-electron chi connectivity index (χ2n) is 4.18. The zero-order valence-electron chi connectivity index (χ0n) is 9.64. The highest BCUT2D eigenvalue weighted by Gasteiger charge is 2.30. The van der Waals surface area contributed by atoms with Crippen molar-refractivity contribution in [3.05, 3.63) is 35.9 Å². The third kappa shape index (κ3) is 3.42. The van der Waals surface area contributed by atoms with Crippen LogP contribution in [-0.2, 0) is 9.47 Å². The number of carbonyl (C=O) groups excluding carboxylic acids is 1. The molecule has 1 aliphatic rings. The molecule has 1 unspecified atom stereocenters. The average molecular weight is 346 g/mol. The van der Waals surface area contributed by atoms with E-state index in [1.807, 2.05) is 18.2 Å². The molecule has 0 bridgehead atoms. The van der Waals surface area contributed by atoms with Crippen LogP contribution in [0.25, 0.3) is 0 Å². The molecule has 1 heterocycles. The van der Waals surface area contributed by atoms with E-state index in [1.54, 1.807) is 12.1 Å². The van der Waals surface area contributed by atoms with Crippen molar-refractivity contribution in [2.45, 2.75) is 29.5 Å². The molecule has 3 nitrogen and oxygen atoms in total. The summed E-state index contributed by atoms with van der Waals surface area (Å²) in [4.78, 5) is 11.7. The van der Waals surface area contributed by atoms with Gasteiger partial charge in [0.25, 0.3) is 0 Å². The summed E-state index contributed by atoms with van der Waals surface area (Å²) in [6.07, 6.45) is 1.24. The van der Waals surface area contributed by atoms with Gasteiger partial charge in [-0.1, -0.05) is 40.8 Å². The van der Waals surface area contributed by atoms with Crippen molar-refractivity contribution in [1.82, 2.24) is 0 Å². The van der Waals surface area contributed by atoms with Crippen LogP contribution in [0.4, 0.5) is 0 Å². The second-order valence-corrected chi connectivity index (χ2v) is 5.78. The Morgan fingerprint density at radius 2 is 2.18 bits per heavy atom. The Labute approximate surface area is 115 Å². The first-order valence-corrected chi connectivity index (χ1v) is 6.93. The van der Waals surface area contributed by atoms with E-state index in [1.165, 1.54) is 0 Å². The molecule has 92 valence electrons. The van der Waals surface area contributed by atoms with Crippen LogP contribution in [0.3, 0.4) is 0 Å². The van der Waals surface area contributed by atoms with Crippen LogP contribution in [0, 0.1) is 0 Å². The van der Waals surface area contributed by atoms with E-state index >= 15 is 0 Å². The first-order valence-electron chi connectivity index (χ1n) is 5.68. The molecular formula is C13H15IO3. The lowest BCUT2D eigenvalue weighted by Gasteiger charge is -2.11. The van der Waals surface area contributed by atoms with E-state index in [9.17, 15) is 4.79 Å². The molecule has 2 rings (SSSR count). The third-order valence-electron chi connectivity index (χ3n) is 2.81. The Balaban J connectivity index is 1.81. The molecule has 4 heteroatoms. The van der Waals surface area contributed by atoms with Gasteiger partial charge in [-0.05, 0) is 25.5 Å². The first-order chi connectivity index (χ1) is 8.16. The minimum Gasteiger partial charge on any atom is -0.459 e. The minimum absolute atomic E-state index is 0.0413. The number of hydrogen-bond donors (Lipinski definition) is 0. The van der Waals surface area contributed by atoms with Gasteiger partial charge in [0, 0.05) is 3.92 Å². The molecular weight excluding hydrogens is 331 g/mol. The lowest BCUT2D eigenvalue weighted by Crippen LogP contribution is -2.19. The molecule has 0 aromatic heterocycles. The maximum Gasteiger partial charge on any atom is 0.338 e. The van der Waals surface area contributed by atoms with Gasteiger partial charge in [0.1, 0.15) is 6.61 Å². The van der Waals surface area contributed by atoms with Crippen molar-refractivity contribution in [2.24, 2.45) is 0 Å². The molecule has 3 atom stereocenters. The molecule has 17 heavy (non-hydrogen) atoms. The van der Waals surface area contributed by atoms with Gasteiger partial charge in [0.2, 0.25) is 0 Å². The van der Waals surface area contributed by atoms with E-state index < -0.39 is 0 Å². The summed E-state index contributed by atoms with van der Waals surface area (Å²) >= 11 is 2.38. The Hall–Kier alpha value is -0.620. The first kappa shape index (κ1) is 12.8. The van der Waals surface area contributed by atoms with Crippen molar-refractivity contribution in [1.29, 1.82) is 0 Å². The van der Waals surface area contributed by atoms with Crippen molar-refractivity contribution in [3.8, 4) is 0 Å². The molecule has 1 aromatic carbocycles. The number of hydrogen-bond acceptors (Lipinski definition) is 3. The maximum atomic E-state index is 11.7. The van der Waals surface area contributed by atoms with Crippen molar-refractivity contribution in [3.63, 3.8) is 0 Å². The van der Waals surface area contributed by atoms with Crippen LogP contribution < -0.4 is 0 Å². The van der Waals surface area contributed by atoms with Crippen LogP contribution in [0.5, 0.6) is 0 Å². The number of benzene rings is 1. The summed E-state index contributed by atoms with van der Waals surface area (Å²) in [7, 11) is 0. The fourth-order valence-corrected chi connectivity index (χ4v) is 2.56. The molecule has 1 aromatic rings. The number of carbonyl (C=O) groups is 1. The topological polar surface area (TPSA) is 35.5 Å². The maximum absolute atomic E-state index is 11.7. The highest BCUT2D eigenvalue weighted by Crippen LogP contribution is 2.26. The molecule has 0 amide bonds. The molecule has 0 saturated carbocycles. The van der Waals surface area contributed by atoms with Crippen LogP contribution in [-0.4, -0.2) is 28.7 Å². The molecule has 1 aliphatic heterocycles. The van der Waals surface area contributed by atoms with Crippen molar-refractivity contribution >= 4 is 28.6 Å². The Morgan fingerprint density at radius 1 is 1.47 bits per heavy atom.